The van der Waals surface area contributed by atoms with E-state index < -0.39 is 11.5 Å². The van der Waals surface area contributed by atoms with Crippen LogP contribution in [0.1, 0.15) is 47.3 Å². The number of aromatic nitrogens is 3. The van der Waals surface area contributed by atoms with Gasteiger partial charge in [0.25, 0.3) is 5.56 Å². The average molecular weight is 369 g/mol. The van der Waals surface area contributed by atoms with Crippen LogP contribution in [0, 0.1) is 5.82 Å². The van der Waals surface area contributed by atoms with Crippen LogP contribution >= 0.6 is 0 Å². The largest absolute Gasteiger partial charge is 0.462 e. The third-order valence-corrected chi connectivity index (χ3v) is 4.73. The number of halogens is 1. The van der Waals surface area contributed by atoms with Crippen molar-refractivity contribution in [3.63, 3.8) is 0 Å². The molecule has 0 N–H and O–H groups in total. The van der Waals surface area contributed by atoms with E-state index in [0.717, 1.165) is 24.1 Å². The molecular weight excluding hydrogens is 349 g/mol. The second-order valence-electron chi connectivity index (χ2n) is 6.76. The molecule has 6 nitrogen and oxygen atoms in total. The topological polar surface area (TPSA) is 65.6 Å². The standard InChI is InChI=1S/C20H20FN3O3/c1-2-27-20(26)16-12-23(9-8-13-4-3-5-15(21)10-13)18-11-17(14-6-7-14)22-24(18)19(16)25/h3-5,10-12,14H,2,6-9H2,1H3. The zero-order chi connectivity index (χ0) is 19.0. The van der Waals surface area contributed by atoms with Crippen molar-refractivity contribution in [3.05, 3.63) is 69.5 Å². The third kappa shape index (κ3) is 3.49. The highest BCUT2D eigenvalue weighted by Gasteiger charge is 2.28. The predicted molar refractivity (Wildman–Crippen MR) is 97.5 cm³/mol. The molecule has 0 unspecified atom stereocenters. The van der Waals surface area contributed by atoms with Crippen molar-refractivity contribution < 1.29 is 13.9 Å². The second-order valence-corrected chi connectivity index (χ2v) is 6.76. The lowest BCUT2D eigenvalue weighted by Crippen LogP contribution is -2.27. The minimum atomic E-state index is -0.660. The fraction of sp³-hybridized carbons (Fsp3) is 0.350. The Hall–Kier alpha value is -2.96. The zero-order valence-corrected chi connectivity index (χ0v) is 15.0. The van der Waals surface area contributed by atoms with E-state index in [0.29, 0.717) is 24.5 Å². The highest BCUT2D eigenvalue weighted by atomic mass is 19.1. The Morgan fingerprint density at radius 3 is 2.85 bits per heavy atom. The Kier molecular flexibility index (Phi) is 4.51. The summed E-state index contributed by atoms with van der Waals surface area (Å²) < 4.78 is 21.5. The first-order chi connectivity index (χ1) is 13.1. The highest BCUT2D eigenvalue weighted by Crippen LogP contribution is 2.39. The Morgan fingerprint density at radius 2 is 2.15 bits per heavy atom. The van der Waals surface area contributed by atoms with Gasteiger partial charge in [0.1, 0.15) is 17.0 Å². The van der Waals surface area contributed by atoms with E-state index in [1.54, 1.807) is 13.0 Å². The van der Waals surface area contributed by atoms with Crippen LogP contribution in [0.15, 0.2) is 41.3 Å². The number of hydrogen-bond acceptors (Lipinski definition) is 4. The summed E-state index contributed by atoms with van der Waals surface area (Å²) in [6, 6.07) is 8.30. The summed E-state index contributed by atoms with van der Waals surface area (Å²) in [6.45, 7) is 2.36. The van der Waals surface area contributed by atoms with E-state index in [1.807, 2.05) is 16.7 Å². The second kappa shape index (κ2) is 6.98. The molecule has 27 heavy (non-hydrogen) atoms. The van der Waals surface area contributed by atoms with Crippen LogP contribution < -0.4 is 5.56 Å². The number of esters is 1. The van der Waals surface area contributed by atoms with Crippen molar-refractivity contribution in [3.8, 4) is 0 Å². The first-order valence-electron chi connectivity index (χ1n) is 9.11. The number of ether oxygens (including phenoxy) is 1. The summed E-state index contributed by atoms with van der Waals surface area (Å²) in [7, 11) is 0. The quantitative estimate of drug-likeness (QED) is 0.627. The van der Waals surface area contributed by atoms with Gasteiger partial charge < -0.3 is 9.30 Å². The van der Waals surface area contributed by atoms with Gasteiger partial charge in [0.2, 0.25) is 0 Å². The SMILES string of the molecule is CCOC(=O)c1cn(CCc2cccc(F)c2)c2cc(C3CC3)nn2c1=O. The predicted octanol–water partition coefficient (Wildman–Crippen LogP) is 2.93. The highest BCUT2D eigenvalue weighted by molar-refractivity contribution is 5.88. The number of benzene rings is 1. The average Bonchev–Trinajstić information content (AvgIpc) is 3.40. The summed E-state index contributed by atoms with van der Waals surface area (Å²) in [4.78, 5) is 24.9. The van der Waals surface area contributed by atoms with E-state index in [-0.39, 0.29) is 18.0 Å². The Morgan fingerprint density at radius 1 is 1.33 bits per heavy atom. The van der Waals surface area contributed by atoms with Crippen LogP contribution in [0.5, 0.6) is 0 Å². The molecule has 140 valence electrons. The van der Waals surface area contributed by atoms with Gasteiger partial charge in [-0.05, 0) is 43.9 Å². The lowest BCUT2D eigenvalue weighted by atomic mass is 10.1. The Labute approximate surface area is 155 Å². The van der Waals surface area contributed by atoms with Gasteiger partial charge in [0.15, 0.2) is 0 Å². The number of carbonyl (C=O) groups is 1. The molecule has 1 fully saturated rings. The molecule has 4 rings (SSSR count). The van der Waals surface area contributed by atoms with Crippen molar-refractivity contribution in [1.82, 2.24) is 14.2 Å². The molecule has 1 aliphatic carbocycles. The molecule has 0 spiro atoms. The maximum atomic E-state index is 13.4. The van der Waals surface area contributed by atoms with Crippen LogP contribution in [0.25, 0.3) is 5.65 Å². The Bertz CT molecular complexity index is 1070. The summed E-state index contributed by atoms with van der Waals surface area (Å²) in [5, 5.41) is 4.42. The van der Waals surface area contributed by atoms with Gasteiger partial charge in [0.05, 0.1) is 12.3 Å². The normalized spacial score (nSPS) is 13.9. The van der Waals surface area contributed by atoms with Crippen molar-refractivity contribution in [2.24, 2.45) is 0 Å². The summed E-state index contributed by atoms with van der Waals surface area (Å²) in [6.07, 6.45) is 4.20. The number of nitrogens with zero attached hydrogens (tertiary/aromatic N) is 3. The number of aryl methyl sites for hydroxylation is 2. The van der Waals surface area contributed by atoms with Gasteiger partial charge in [0, 0.05) is 24.7 Å². The molecule has 0 bridgehead atoms. The first kappa shape index (κ1) is 17.5. The lowest BCUT2D eigenvalue weighted by molar-refractivity contribution is 0.0522. The molecule has 0 amide bonds. The van der Waals surface area contributed by atoms with Gasteiger partial charge in [-0.25, -0.2) is 9.18 Å². The van der Waals surface area contributed by atoms with Gasteiger partial charge in [-0.1, -0.05) is 12.1 Å². The molecule has 1 aliphatic rings. The molecule has 0 aliphatic heterocycles. The number of carbonyl (C=O) groups excluding carboxylic acids is 1. The van der Waals surface area contributed by atoms with Gasteiger partial charge >= 0.3 is 5.97 Å². The molecule has 7 heteroatoms. The van der Waals surface area contributed by atoms with Crippen LogP contribution in [-0.4, -0.2) is 26.8 Å². The van der Waals surface area contributed by atoms with Crippen molar-refractivity contribution in [2.45, 2.75) is 38.6 Å². The van der Waals surface area contributed by atoms with Gasteiger partial charge in [-0.2, -0.15) is 9.61 Å². The molecule has 0 atom stereocenters. The van der Waals surface area contributed by atoms with E-state index in [4.69, 9.17) is 4.74 Å². The minimum Gasteiger partial charge on any atom is -0.462 e. The summed E-state index contributed by atoms with van der Waals surface area (Å²) in [5.74, 6) is -0.565. The molecule has 2 aromatic heterocycles. The molecular formula is C20H20FN3O3. The van der Waals surface area contributed by atoms with Crippen LogP contribution in [0.3, 0.4) is 0 Å². The van der Waals surface area contributed by atoms with E-state index in [2.05, 4.69) is 5.10 Å². The van der Waals surface area contributed by atoms with E-state index >= 15 is 0 Å². The number of rotatable bonds is 6. The van der Waals surface area contributed by atoms with E-state index in [1.165, 1.54) is 22.8 Å². The van der Waals surface area contributed by atoms with Crippen molar-refractivity contribution in [2.75, 3.05) is 6.61 Å². The zero-order valence-electron chi connectivity index (χ0n) is 15.0. The smallest absolute Gasteiger partial charge is 0.345 e. The third-order valence-electron chi connectivity index (χ3n) is 4.73. The van der Waals surface area contributed by atoms with Crippen LogP contribution in [-0.2, 0) is 17.7 Å². The fourth-order valence-electron chi connectivity index (χ4n) is 3.18. The lowest BCUT2D eigenvalue weighted by Gasteiger charge is -2.11. The molecule has 1 aromatic carbocycles. The van der Waals surface area contributed by atoms with Gasteiger partial charge in [-0.3, -0.25) is 4.79 Å². The first-order valence-corrected chi connectivity index (χ1v) is 9.11. The number of fused-ring (bicyclic) bond motifs is 1. The molecule has 1 saturated carbocycles. The van der Waals surface area contributed by atoms with Gasteiger partial charge in [-0.15, -0.1) is 0 Å². The maximum absolute atomic E-state index is 13.4. The Balaban J connectivity index is 1.75. The van der Waals surface area contributed by atoms with Crippen LogP contribution in [0.2, 0.25) is 0 Å². The molecule has 3 aromatic rings. The summed E-state index contributed by atoms with van der Waals surface area (Å²) >= 11 is 0. The molecule has 0 radical (unpaired) electrons. The van der Waals surface area contributed by atoms with Crippen molar-refractivity contribution >= 4 is 11.6 Å². The summed E-state index contributed by atoms with van der Waals surface area (Å²) in [5.41, 5.74) is 1.82. The van der Waals surface area contributed by atoms with E-state index in [9.17, 15) is 14.0 Å². The molecule has 0 saturated heterocycles. The van der Waals surface area contributed by atoms with Crippen LogP contribution in [0.4, 0.5) is 4.39 Å². The monoisotopic (exact) mass is 369 g/mol. The van der Waals surface area contributed by atoms with Crippen molar-refractivity contribution in [1.29, 1.82) is 0 Å². The number of hydrogen-bond donors (Lipinski definition) is 0. The maximum Gasteiger partial charge on any atom is 0.345 e. The fourth-order valence-corrected chi connectivity index (χ4v) is 3.18. The molecule has 2 heterocycles. The minimum absolute atomic E-state index is 0.0472.